The number of anilines is 2. The number of nitrogens with zero attached hydrogens (tertiary/aromatic N) is 1. The molecule has 6 nitrogen and oxygen atoms in total. The van der Waals surface area contributed by atoms with Gasteiger partial charge in [-0.2, -0.15) is 0 Å². The minimum atomic E-state index is -0.138. The zero-order valence-electron chi connectivity index (χ0n) is 20.4. The number of fused-ring (bicyclic) bond motifs is 1. The SMILES string of the molecule is CCCc1cc(NC=O)ccc1C(=O)Nc1ccc2[nH]c(C)c(CCN(C)C(C)CC)c2c1. The van der Waals surface area contributed by atoms with Gasteiger partial charge >= 0.3 is 0 Å². The van der Waals surface area contributed by atoms with Crippen molar-refractivity contribution in [2.75, 3.05) is 24.2 Å². The Balaban J connectivity index is 1.83. The van der Waals surface area contributed by atoms with Gasteiger partial charge in [0.1, 0.15) is 0 Å². The quantitative estimate of drug-likeness (QED) is 0.338. The van der Waals surface area contributed by atoms with E-state index in [1.54, 1.807) is 12.1 Å². The van der Waals surface area contributed by atoms with Gasteiger partial charge in [0.15, 0.2) is 0 Å². The van der Waals surface area contributed by atoms with Crippen molar-refractivity contribution in [3.05, 3.63) is 58.8 Å². The third-order valence-electron chi connectivity index (χ3n) is 6.53. The van der Waals surface area contributed by atoms with Crippen LogP contribution in [0, 0.1) is 6.92 Å². The molecule has 0 aliphatic rings. The molecule has 0 aliphatic heterocycles. The van der Waals surface area contributed by atoms with Gasteiger partial charge in [0.2, 0.25) is 6.41 Å². The number of nitrogens with one attached hydrogen (secondary N) is 3. The first-order chi connectivity index (χ1) is 15.9. The number of carbonyl (C=O) groups is 2. The largest absolute Gasteiger partial charge is 0.358 e. The van der Waals surface area contributed by atoms with E-state index in [-0.39, 0.29) is 5.91 Å². The molecular formula is C27H36N4O2. The van der Waals surface area contributed by atoms with E-state index in [9.17, 15) is 9.59 Å². The third-order valence-corrected chi connectivity index (χ3v) is 6.53. The molecule has 1 atom stereocenters. The molecule has 3 aromatic rings. The number of aryl methyl sites for hydroxylation is 2. The second kappa shape index (κ2) is 11.1. The van der Waals surface area contributed by atoms with Crippen molar-refractivity contribution in [2.45, 2.75) is 59.4 Å². The number of likely N-dealkylation sites (N-methyl/N-ethyl adjacent to an activating group) is 1. The van der Waals surface area contributed by atoms with Crippen LogP contribution in [0.4, 0.5) is 11.4 Å². The molecule has 2 amide bonds. The smallest absolute Gasteiger partial charge is 0.255 e. The lowest BCUT2D eigenvalue weighted by molar-refractivity contribution is -0.105. The number of aromatic amines is 1. The Kier molecular flexibility index (Phi) is 8.28. The summed E-state index contributed by atoms with van der Waals surface area (Å²) in [6.07, 6.45) is 4.41. The third kappa shape index (κ3) is 5.82. The summed E-state index contributed by atoms with van der Waals surface area (Å²) < 4.78 is 0. The van der Waals surface area contributed by atoms with E-state index in [0.717, 1.165) is 54.4 Å². The van der Waals surface area contributed by atoms with E-state index in [1.165, 1.54) is 11.3 Å². The summed E-state index contributed by atoms with van der Waals surface area (Å²) in [5.41, 5.74) is 6.59. The lowest BCUT2D eigenvalue weighted by Gasteiger charge is -2.23. The summed E-state index contributed by atoms with van der Waals surface area (Å²) in [5.74, 6) is -0.138. The molecule has 0 saturated heterocycles. The Labute approximate surface area is 196 Å². The van der Waals surface area contributed by atoms with Crippen molar-refractivity contribution in [3.8, 4) is 0 Å². The van der Waals surface area contributed by atoms with E-state index >= 15 is 0 Å². The Morgan fingerprint density at radius 3 is 2.58 bits per heavy atom. The molecule has 6 heteroatoms. The molecule has 33 heavy (non-hydrogen) atoms. The number of benzene rings is 2. The van der Waals surface area contributed by atoms with E-state index < -0.39 is 0 Å². The molecular weight excluding hydrogens is 412 g/mol. The highest BCUT2D eigenvalue weighted by Gasteiger charge is 2.15. The Bertz CT molecular complexity index is 1120. The van der Waals surface area contributed by atoms with Crippen LogP contribution in [-0.4, -0.2) is 41.8 Å². The molecule has 0 aliphatic carbocycles. The minimum absolute atomic E-state index is 0.138. The van der Waals surface area contributed by atoms with Crippen LogP contribution in [0.1, 0.15) is 60.8 Å². The fourth-order valence-electron chi connectivity index (χ4n) is 4.25. The van der Waals surface area contributed by atoms with Gasteiger partial charge in [-0.25, -0.2) is 0 Å². The number of hydrogen-bond donors (Lipinski definition) is 3. The molecule has 0 saturated carbocycles. The average molecular weight is 449 g/mol. The summed E-state index contributed by atoms with van der Waals surface area (Å²) in [7, 11) is 2.17. The van der Waals surface area contributed by atoms with Crippen LogP contribution in [0.5, 0.6) is 0 Å². The normalized spacial score (nSPS) is 12.2. The maximum absolute atomic E-state index is 13.1. The fourth-order valence-corrected chi connectivity index (χ4v) is 4.25. The van der Waals surface area contributed by atoms with Gasteiger partial charge in [-0.05, 0) is 87.7 Å². The van der Waals surface area contributed by atoms with Crippen molar-refractivity contribution in [2.24, 2.45) is 0 Å². The van der Waals surface area contributed by atoms with Crippen LogP contribution in [0.15, 0.2) is 36.4 Å². The van der Waals surface area contributed by atoms with Crippen LogP contribution in [0.2, 0.25) is 0 Å². The van der Waals surface area contributed by atoms with Crippen LogP contribution in [0.3, 0.4) is 0 Å². The molecule has 3 rings (SSSR count). The zero-order valence-corrected chi connectivity index (χ0v) is 20.4. The van der Waals surface area contributed by atoms with Crippen LogP contribution in [0.25, 0.3) is 10.9 Å². The van der Waals surface area contributed by atoms with Gasteiger partial charge in [0.05, 0.1) is 0 Å². The molecule has 2 aromatic carbocycles. The van der Waals surface area contributed by atoms with Gasteiger partial charge in [-0.3, -0.25) is 9.59 Å². The van der Waals surface area contributed by atoms with Gasteiger partial charge < -0.3 is 20.5 Å². The topological polar surface area (TPSA) is 77.2 Å². The summed E-state index contributed by atoms with van der Waals surface area (Å²) in [6, 6.07) is 12.0. The first-order valence-electron chi connectivity index (χ1n) is 11.8. The standard InChI is InChI=1S/C27H36N4O2/c1-6-8-20-15-21(28-17-32)9-11-24(20)27(33)30-22-10-12-26-25(16-22)23(19(4)29-26)13-14-31(5)18(3)7-2/h9-12,15-18,29H,6-8,13-14H2,1-5H3,(H,28,32)(H,30,33). The van der Waals surface area contributed by atoms with Crippen LogP contribution < -0.4 is 10.6 Å². The predicted octanol–water partition coefficient (Wildman–Crippen LogP) is 5.52. The van der Waals surface area contributed by atoms with E-state index in [0.29, 0.717) is 23.7 Å². The first-order valence-corrected chi connectivity index (χ1v) is 11.8. The Morgan fingerprint density at radius 2 is 1.88 bits per heavy atom. The average Bonchev–Trinajstić information content (AvgIpc) is 3.11. The van der Waals surface area contributed by atoms with E-state index in [2.05, 4.69) is 61.3 Å². The van der Waals surface area contributed by atoms with Gasteiger partial charge in [0.25, 0.3) is 5.91 Å². The van der Waals surface area contributed by atoms with Gasteiger partial charge in [-0.15, -0.1) is 0 Å². The predicted molar refractivity (Wildman–Crippen MR) is 137 cm³/mol. The number of aromatic nitrogens is 1. The highest BCUT2D eigenvalue weighted by atomic mass is 16.1. The summed E-state index contributed by atoms with van der Waals surface area (Å²) >= 11 is 0. The number of amides is 2. The number of rotatable bonds is 11. The maximum atomic E-state index is 13.1. The monoisotopic (exact) mass is 448 g/mol. The fraction of sp³-hybridized carbons (Fsp3) is 0.407. The second-order valence-electron chi connectivity index (χ2n) is 8.82. The Hall–Kier alpha value is -3.12. The Morgan fingerprint density at radius 1 is 1.12 bits per heavy atom. The minimum Gasteiger partial charge on any atom is -0.358 e. The van der Waals surface area contributed by atoms with Crippen LogP contribution >= 0.6 is 0 Å². The molecule has 0 bridgehead atoms. The van der Waals surface area contributed by atoms with E-state index in [1.807, 2.05) is 18.2 Å². The molecule has 1 aromatic heterocycles. The summed E-state index contributed by atoms with van der Waals surface area (Å²) in [5, 5.41) is 6.89. The molecule has 0 fully saturated rings. The molecule has 1 unspecified atom stereocenters. The number of hydrogen-bond acceptors (Lipinski definition) is 3. The number of carbonyl (C=O) groups excluding carboxylic acids is 2. The van der Waals surface area contributed by atoms with Crippen molar-refractivity contribution < 1.29 is 9.59 Å². The van der Waals surface area contributed by atoms with Gasteiger partial charge in [0, 0.05) is 46.1 Å². The lowest BCUT2D eigenvalue weighted by atomic mass is 10.0. The van der Waals surface area contributed by atoms with E-state index in [4.69, 9.17) is 0 Å². The highest BCUT2D eigenvalue weighted by molar-refractivity contribution is 6.06. The maximum Gasteiger partial charge on any atom is 0.255 e. The summed E-state index contributed by atoms with van der Waals surface area (Å²) in [4.78, 5) is 29.8. The zero-order chi connectivity index (χ0) is 24.0. The van der Waals surface area contributed by atoms with Crippen molar-refractivity contribution >= 4 is 34.6 Å². The molecule has 0 radical (unpaired) electrons. The van der Waals surface area contributed by atoms with Crippen LogP contribution in [-0.2, 0) is 17.6 Å². The lowest BCUT2D eigenvalue weighted by Crippen LogP contribution is -2.30. The molecule has 3 N–H and O–H groups in total. The summed E-state index contributed by atoms with van der Waals surface area (Å²) in [6.45, 7) is 9.64. The molecule has 0 spiro atoms. The van der Waals surface area contributed by atoms with Crippen molar-refractivity contribution in [1.82, 2.24) is 9.88 Å². The van der Waals surface area contributed by atoms with Gasteiger partial charge in [-0.1, -0.05) is 20.3 Å². The van der Waals surface area contributed by atoms with Crippen molar-refractivity contribution in [1.29, 1.82) is 0 Å². The molecule has 176 valence electrons. The highest BCUT2D eigenvalue weighted by Crippen LogP contribution is 2.27. The van der Waals surface area contributed by atoms with Crippen molar-refractivity contribution in [3.63, 3.8) is 0 Å². The number of H-pyrrole nitrogens is 1. The first kappa shape index (κ1) is 24.5. The molecule has 1 heterocycles. The second-order valence-corrected chi connectivity index (χ2v) is 8.82.